The zero-order chi connectivity index (χ0) is 17.3. The fraction of sp³-hybridized carbons (Fsp3) is 0.562. The molecule has 0 aliphatic carbocycles. The molecule has 0 aliphatic rings. The molecule has 0 aromatic heterocycles. The summed E-state index contributed by atoms with van der Waals surface area (Å²) in [6, 6.07) is 9.05. The molecule has 0 radical (unpaired) electrons. The molecule has 1 aromatic carbocycles. The van der Waals surface area contributed by atoms with E-state index in [0.717, 1.165) is 0 Å². The molecule has 8 heteroatoms. The molecule has 0 heterocycles. The molecular weight excluding hydrogens is 323 g/mol. The minimum Gasteiger partial charge on any atom is -0.636 e. The van der Waals surface area contributed by atoms with Crippen LogP contribution < -0.4 is 34.8 Å². The maximum atomic E-state index is 11.9. The molecule has 1 rings (SSSR count). The van der Waals surface area contributed by atoms with Gasteiger partial charge in [0, 0.05) is 10.8 Å². The van der Waals surface area contributed by atoms with Crippen LogP contribution >= 0.6 is 0 Å². The van der Waals surface area contributed by atoms with Crippen molar-refractivity contribution in [3.63, 3.8) is 0 Å². The topological polar surface area (TPSA) is 92.5 Å². The first-order valence-electron chi connectivity index (χ1n) is 7.43. The quantitative estimate of drug-likeness (QED) is 0.150. The molecule has 1 atom stereocenters. The third kappa shape index (κ3) is 6.86. The molecule has 0 spiro atoms. The van der Waals surface area contributed by atoms with Crippen LogP contribution in [0.25, 0.3) is 0 Å². The van der Waals surface area contributed by atoms with Crippen molar-refractivity contribution in [3.8, 4) is 0 Å². The standard InChI is InChI=1S/C16H24N2O5.Na/c1-5-15(2,3)14(19)21-11-12-22-16(4,17-18-23-20)13-9-7-6-8-10-13;/h6-10,20H,5,11-12H2,1-4H3;/q;+1/p-1/b18-17+;. The Hall–Kier alpha value is -0.990. The Morgan fingerprint density at radius 3 is 2.33 bits per heavy atom. The van der Waals surface area contributed by atoms with Crippen LogP contribution in [0.5, 0.6) is 0 Å². The number of rotatable bonds is 9. The monoisotopic (exact) mass is 346 g/mol. The minimum absolute atomic E-state index is 0. The van der Waals surface area contributed by atoms with Gasteiger partial charge in [-0.05, 0) is 27.2 Å². The molecule has 0 fully saturated rings. The van der Waals surface area contributed by atoms with Crippen LogP contribution in [0.4, 0.5) is 0 Å². The normalized spacial score (nSPS) is 13.9. The van der Waals surface area contributed by atoms with Gasteiger partial charge in [0.05, 0.1) is 12.0 Å². The largest absolute Gasteiger partial charge is 1.00 e. The number of carbonyl (C=O) groups is 1. The average Bonchev–Trinajstić information content (AvgIpc) is 2.57. The zero-order valence-electron chi connectivity index (χ0n) is 14.9. The summed E-state index contributed by atoms with van der Waals surface area (Å²) in [5, 5.41) is 16.9. The second-order valence-corrected chi connectivity index (χ2v) is 5.83. The third-order valence-corrected chi connectivity index (χ3v) is 3.71. The van der Waals surface area contributed by atoms with Gasteiger partial charge >= 0.3 is 35.5 Å². The van der Waals surface area contributed by atoms with Gasteiger partial charge in [0.25, 0.3) is 0 Å². The van der Waals surface area contributed by atoms with Crippen molar-refractivity contribution in [1.82, 2.24) is 0 Å². The summed E-state index contributed by atoms with van der Waals surface area (Å²) < 4.78 is 10.9. The summed E-state index contributed by atoms with van der Waals surface area (Å²) in [6.07, 6.45) is 0.684. The zero-order valence-corrected chi connectivity index (χ0v) is 16.9. The van der Waals surface area contributed by atoms with Gasteiger partial charge < -0.3 is 19.7 Å². The van der Waals surface area contributed by atoms with Crippen molar-refractivity contribution in [2.24, 2.45) is 15.8 Å². The molecule has 0 amide bonds. The van der Waals surface area contributed by atoms with E-state index < -0.39 is 11.1 Å². The number of carbonyl (C=O) groups excluding carboxylic acids is 1. The Bertz CT molecular complexity index is 524. The first-order valence-corrected chi connectivity index (χ1v) is 7.43. The minimum atomic E-state index is -1.20. The summed E-state index contributed by atoms with van der Waals surface area (Å²) in [5.41, 5.74) is -1.03. The van der Waals surface area contributed by atoms with E-state index in [2.05, 4.69) is 15.4 Å². The first kappa shape index (κ1) is 23.0. The molecule has 24 heavy (non-hydrogen) atoms. The van der Waals surface area contributed by atoms with E-state index in [0.29, 0.717) is 12.0 Å². The Labute approximate surface area is 164 Å². The van der Waals surface area contributed by atoms with Gasteiger partial charge in [-0.1, -0.05) is 37.3 Å². The van der Waals surface area contributed by atoms with Gasteiger partial charge in [-0.15, -0.1) is 5.11 Å². The number of nitrogens with zero attached hydrogens (tertiary/aromatic N) is 2. The number of benzene rings is 1. The van der Waals surface area contributed by atoms with Crippen LogP contribution in [-0.2, 0) is 25.0 Å². The van der Waals surface area contributed by atoms with Crippen LogP contribution in [0.3, 0.4) is 0 Å². The Balaban J connectivity index is 0.00000529. The smallest absolute Gasteiger partial charge is 0.636 e. The molecule has 0 N–H and O–H groups in total. The van der Waals surface area contributed by atoms with E-state index >= 15 is 0 Å². The predicted octanol–water partition coefficient (Wildman–Crippen LogP) is -0.482. The SMILES string of the molecule is CCC(C)(C)C(=O)OCCOC(C)(/N=N/O[O-])c1ccccc1.[Na+]. The summed E-state index contributed by atoms with van der Waals surface area (Å²) in [7, 11) is 0. The first-order chi connectivity index (χ1) is 10.9. The van der Waals surface area contributed by atoms with Gasteiger partial charge in [0.15, 0.2) is 0 Å². The molecule has 1 unspecified atom stereocenters. The molecule has 1 aromatic rings. The Morgan fingerprint density at radius 2 is 1.79 bits per heavy atom. The van der Waals surface area contributed by atoms with Crippen LogP contribution in [-0.4, -0.2) is 19.2 Å². The van der Waals surface area contributed by atoms with Gasteiger partial charge in [-0.3, -0.25) is 4.79 Å². The molecule has 128 valence electrons. The second-order valence-electron chi connectivity index (χ2n) is 5.83. The number of hydrogen-bond acceptors (Lipinski definition) is 7. The second kappa shape index (κ2) is 10.8. The van der Waals surface area contributed by atoms with Crippen molar-refractivity contribution in [3.05, 3.63) is 35.9 Å². The molecular formula is C16H23N2NaO5. The van der Waals surface area contributed by atoms with Crippen molar-refractivity contribution in [1.29, 1.82) is 0 Å². The van der Waals surface area contributed by atoms with Crippen molar-refractivity contribution in [2.45, 2.75) is 39.8 Å². The van der Waals surface area contributed by atoms with E-state index in [1.165, 1.54) is 0 Å². The van der Waals surface area contributed by atoms with E-state index in [1.807, 2.05) is 39.0 Å². The van der Waals surface area contributed by atoms with Crippen molar-refractivity contribution in [2.75, 3.05) is 13.2 Å². The van der Waals surface area contributed by atoms with Gasteiger partial charge in [0.1, 0.15) is 6.61 Å². The average molecular weight is 346 g/mol. The molecule has 7 nitrogen and oxygen atoms in total. The Morgan fingerprint density at radius 1 is 1.17 bits per heavy atom. The maximum absolute atomic E-state index is 11.9. The van der Waals surface area contributed by atoms with E-state index in [-0.39, 0.29) is 48.7 Å². The third-order valence-electron chi connectivity index (χ3n) is 3.71. The summed E-state index contributed by atoms with van der Waals surface area (Å²) in [6.45, 7) is 7.40. The maximum Gasteiger partial charge on any atom is 1.00 e. The van der Waals surface area contributed by atoms with E-state index in [4.69, 9.17) is 9.47 Å². The number of ether oxygens (including phenoxy) is 2. The Kier molecular flexibility index (Phi) is 10.3. The van der Waals surface area contributed by atoms with E-state index in [1.54, 1.807) is 19.1 Å². The van der Waals surface area contributed by atoms with Gasteiger partial charge in [0.2, 0.25) is 5.72 Å². The van der Waals surface area contributed by atoms with Crippen molar-refractivity contribution >= 4 is 5.97 Å². The summed E-state index contributed by atoms with van der Waals surface area (Å²) >= 11 is 0. The van der Waals surface area contributed by atoms with Gasteiger partial charge in [-0.25, -0.2) is 0 Å². The fourth-order valence-electron chi connectivity index (χ4n) is 1.73. The van der Waals surface area contributed by atoms with E-state index in [9.17, 15) is 10.1 Å². The predicted molar refractivity (Wildman–Crippen MR) is 80.7 cm³/mol. The van der Waals surface area contributed by atoms with Gasteiger partial charge in [-0.2, -0.15) is 0 Å². The molecule has 0 saturated carbocycles. The fourth-order valence-corrected chi connectivity index (χ4v) is 1.73. The number of hydrogen-bond donors (Lipinski definition) is 0. The molecule has 0 saturated heterocycles. The van der Waals surface area contributed by atoms with Crippen LogP contribution in [0.2, 0.25) is 0 Å². The number of esters is 1. The summed E-state index contributed by atoms with van der Waals surface area (Å²) in [5.74, 6) is -0.283. The summed E-state index contributed by atoms with van der Waals surface area (Å²) in [4.78, 5) is 15.3. The van der Waals surface area contributed by atoms with Crippen LogP contribution in [0.1, 0.15) is 39.7 Å². The van der Waals surface area contributed by atoms with Crippen LogP contribution in [0.15, 0.2) is 40.7 Å². The molecule has 0 bridgehead atoms. The van der Waals surface area contributed by atoms with Crippen molar-refractivity contribution < 1.29 is 54.1 Å². The molecule has 0 aliphatic heterocycles. The van der Waals surface area contributed by atoms with Crippen LogP contribution in [0, 0.1) is 5.41 Å².